The minimum absolute atomic E-state index is 0.559. The molecule has 0 bridgehead atoms. The number of ether oxygens (including phenoxy) is 2. The fourth-order valence-corrected chi connectivity index (χ4v) is 1.35. The molecule has 1 aromatic rings. The first-order valence-electron chi connectivity index (χ1n) is 4.40. The van der Waals surface area contributed by atoms with Gasteiger partial charge in [-0.2, -0.15) is 0 Å². The summed E-state index contributed by atoms with van der Waals surface area (Å²) in [5, 5.41) is 10.8. The van der Waals surface area contributed by atoms with E-state index in [1.54, 1.807) is 6.07 Å². The van der Waals surface area contributed by atoms with E-state index in [1.165, 1.54) is 13.3 Å². The standard InChI is InChI=1S/C10H11NO3/c1-11(12)7-8-2-3-9-10(6-8)14-5-4-13-9/h2-3,6-7H,4-5H2,1H3/b11-7+. The van der Waals surface area contributed by atoms with Gasteiger partial charge in [0.2, 0.25) is 0 Å². The molecule has 74 valence electrons. The van der Waals surface area contributed by atoms with E-state index in [2.05, 4.69) is 0 Å². The van der Waals surface area contributed by atoms with E-state index in [4.69, 9.17) is 9.47 Å². The highest BCUT2D eigenvalue weighted by molar-refractivity contribution is 5.77. The lowest BCUT2D eigenvalue weighted by Crippen LogP contribution is -2.15. The van der Waals surface area contributed by atoms with Crippen LogP contribution in [0, 0.1) is 5.21 Å². The van der Waals surface area contributed by atoms with E-state index in [1.807, 2.05) is 12.1 Å². The lowest BCUT2D eigenvalue weighted by Gasteiger charge is -2.17. The summed E-state index contributed by atoms with van der Waals surface area (Å²) in [5.41, 5.74) is 0.812. The molecule has 1 heterocycles. The summed E-state index contributed by atoms with van der Waals surface area (Å²) >= 11 is 0. The minimum atomic E-state index is 0.559. The van der Waals surface area contributed by atoms with Crippen molar-refractivity contribution in [1.29, 1.82) is 0 Å². The number of nitrogens with zero attached hydrogens (tertiary/aromatic N) is 1. The van der Waals surface area contributed by atoms with E-state index in [-0.39, 0.29) is 0 Å². The van der Waals surface area contributed by atoms with Crippen molar-refractivity contribution in [2.24, 2.45) is 0 Å². The van der Waals surface area contributed by atoms with Crippen LogP contribution < -0.4 is 9.47 Å². The first-order chi connectivity index (χ1) is 6.75. The van der Waals surface area contributed by atoms with Crippen LogP contribution in [-0.4, -0.2) is 31.2 Å². The van der Waals surface area contributed by atoms with Gasteiger partial charge in [0, 0.05) is 5.56 Å². The van der Waals surface area contributed by atoms with Crippen LogP contribution in [0.15, 0.2) is 18.2 Å². The molecule has 0 saturated carbocycles. The maximum atomic E-state index is 10.8. The van der Waals surface area contributed by atoms with E-state index >= 15 is 0 Å². The van der Waals surface area contributed by atoms with Gasteiger partial charge in [-0.05, 0) is 18.2 Å². The van der Waals surface area contributed by atoms with Crippen molar-refractivity contribution in [3.8, 4) is 11.5 Å². The molecule has 0 fully saturated rings. The SMILES string of the molecule is C/[N+]([O-])=C\c1ccc2c(c1)OCCO2. The second-order valence-corrected chi connectivity index (χ2v) is 3.08. The summed E-state index contributed by atoms with van der Waals surface area (Å²) in [6.07, 6.45) is 1.48. The fraction of sp³-hybridized carbons (Fsp3) is 0.300. The number of benzene rings is 1. The Balaban J connectivity index is 2.34. The molecule has 1 aliphatic rings. The second-order valence-electron chi connectivity index (χ2n) is 3.08. The Labute approximate surface area is 82.0 Å². The van der Waals surface area contributed by atoms with Crippen molar-refractivity contribution in [2.75, 3.05) is 20.3 Å². The van der Waals surface area contributed by atoms with Crippen LogP contribution in [0.25, 0.3) is 0 Å². The summed E-state index contributed by atoms with van der Waals surface area (Å²) in [6.45, 7) is 1.14. The van der Waals surface area contributed by atoms with Crippen LogP contribution in [-0.2, 0) is 0 Å². The molecular weight excluding hydrogens is 182 g/mol. The molecule has 1 aliphatic heterocycles. The molecule has 0 atom stereocenters. The van der Waals surface area contributed by atoms with Crippen molar-refractivity contribution in [2.45, 2.75) is 0 Å². The van der Waals surface area contributed by atoms with E-state index in [9.17, 15) is 5.21 Å². The monoisotopic (exact) mass is 193 g/mol. The zero-order valence-electron chi connectivity index (χ0n) is 7.90. The Kier molecular flexibility index (Phi) is 2.26. The number of hydroxylamine groups is 1. The molecule has 0 N–H and O–H groups in total. The molecule has 14 heavy (non-hydrogen) atoms. The topological polar surface area (TPSA) is 44.5 Å². The molecule has 0 radical (unpaired) electrons. The summed E-state index contributed by atoms with van der Waals surface area (Å²) in [5.74, 6) is 1.44. The van der Waals surface area contributed by atoms with Crippen LogP contribution >= 0.6 is 0 Å². The van der Waals surface area contributed by atoms with Crippen molar-refractivity contribution in [1.82, 2.24) is 0 Å². The third kappa shape index (κ3) is 1.79. The highest BCUT2D eigenvalue weighted by Gasteiger charge is 2.11. The molecule has 0 spiro atoms. The second kappa shape index (κ2) is 3.57. The number of rotatable bonds is 1. The van der Waals surface area contributed by atoms with Gasteiger partial charge in [-0.1, -0.05) is 0 Å². The molecule has 4 nitrogen and oxygen atoms in total. The lowest BCUT2D eigenvalue weighted by molar-refractivity contribution is -0.416. The van der Waals surface area contributed by atoms with Gasteiger partial charge in [-0.3, -0.25) is 0 Å². The van der Waals surface area contributed by atoms with Gasteiger partial charge in [0.1, 0.15) is 20.3 Å². The summed E-state index contributed by atoms with van der Waals surface area (Å²) in [7, 11) is 1.44. The highest BCUT2D eigenvalue weighted by atomic mass is 16.6. The van der Waals surface area contributed by atoms with Crippen LogP contribution in [0.1, 0.15) is 5.56 Å². The minimum Gasteiger partial charge on any atom is -0.624 e. The van der Waals surface area contributed by atoms with Gasteiger partial charge < -0.3 is 14.7 Å². The molecule has 2 rings (SSSR count). The van der Waals surface area contributed by atoms with Crippen LogP contribution in [0.2, 0.25) is 0 Å². The lowest BCUT2D eigenvalue weighted by atomic mass is 10.2. The highest BCUT2D eigenvalue weighted by Crippen LogP contribution is 2.30. The molecule has 0 aliphatic carbocycles. The smallest absolute Gasteiger partial charge is 0.181 e. The van der Waals surface area contributed by atoms with Gasteiger partial charge in [0.25, 0.3) is 0 Å². The number of hydrogen-bond acceptors (Lipinski definition) is 3. The zero-order chi connectivity index (χ0) is 9.97. The number of fused-ring (bicyclic) bond motifs is 1. The van der Waals surface area contributed by atoms with E-state index in [0.717, 1.165) is 16.1 Å². The van der Waals surface area contributed by atoms with Gasteiger partial charge in [0.15, 0.2) is 17.7 Å². The zero-order valence-corrected chi connectivity index (χ0v) is 7.90. The van der Waals surface area contributed by atoms with Gasteiger partial charge >= 0.3 is 0 Å². The van der Waals surface area contributed by atoms with Crippen molar-refractivity contribution in [3.05, 3.63) is 29.0 Å². The van der Waals surface area contributed by atoms with Crippen LogP contribution in [0.5, 0.6) is 11.5 Å². The van der Waals surface area contributed by atoms with E-state index in [0.29, 0.717) is 19.0 Å². The summed E-state index contributed by atoms with van der Waals surface area (Å²) in [4.78, 5) is 0. The average Bonchev–Trinajstić information content (AvgIpc) is 2.17. The maximum absolute atomic E-state index is 10.8. The maximum Gasteiger partial charge on any atom is 0.181 e. The van der Waals surface area contributed by atoms with Crippen molar-refractivity contribution in [3.63, 3.8) is 0 Å². The van der Waals surface area contributed by atoms with Crippen molar-refractivity contribution >= 4 is 6.21 Å². The first-order valence-corrected chi connectivity index (χ1v) is 4.40. The molecular formula is C10H11NO3. The molecule has 0 aromatic heterocycles. The molecule has 4 heteroatoms. The molecule has 0 unspecified atom stereocenters. The quantitative estimate of drug-likeness (QED) is 0.289. The predicted molar refractivity (Wildman–Crippen MR) is 52.1 cm³/mol. The third-order valence-electron chi connectivity index (χ3n) is 1.90. The first kappa shape index (κ1) is 8.87. The third-order valence-corrected chi connectivity index (χ3v) is 1.90. The predicted octanol–water partition coefficient (Wildman–Crippen LogP) is 1.02. The summed E-state index contributed by atoms with van der Waals surface area (Å²) < 4.78 is 11.5. The Bertz CT molecular complexity index is 370. The van der Waals surface area contributed by atoms with Gasteiger partial charge in [-0.15, -0.1) is 0 Å². The van der Waals surface area contributed by atoms with Crippen LogP contribution in [0.3, 0.4) is 0 Å². The van der Waals surface area contributed by atoms with E-state index < -0.39 is 0 Å². The summed E-state index contributed by atoms with van der Waals surface area (Å²) in [6, 6.07) is 5.43. The Morgan fingerprint density at radius 1 is 1.29 bits per heavy atom. The molecule has 0 saturated heterocycles. The number of hydrogen-bond donors (Lipinski definition) is 0. The van der Waals surface area contributed by atoms with Crippen LogP contribution in [0.4, 0.5) is 0 Å². The Morgan fingerprint density at radius 2 is 2.00 bits per heavy atom. The average molecular weight is 193 g/mol. The normalized spacial score (nSPS) is 15.4. The molecule has 0 amide bonds. The Hall–Kier alpha value is -1.71. The van der Waals surface area contributed by atoms with Gasteiger partial charge in [-0.25, -0.2) is 4.74 Å². The fourth-order valence-electron chi connectivity index (χ4n) is 1.35. The van der Waals surface area contributed by atoms with Crippen molar-refractivity contribution < 1.29 is 14.2 Å². The Morgan fingerprint density at radius 3 is 2.71 bits per heavy atom. The largest absolute Gasteiger partial charge is 0.624 e. The molecule has 1 aromatic carbocycles. The van der Waals surface area contributed by atoms with Gasteiger partial charge in [0.05, 0.1) is 0 Å².